The van der Waals surface area contributed by atoms with Gasteiger partial charge in [-0.2, -0.15) is 0 Å². The van der Waals surface area contributed by atoms with Crippen molar-refractivity contribution in [2.75, 3.05) is 7.11 Å². The molecule has 0 aliphatic heterocycles. The van der Waals surface area contributed by atoms with Gasteiger partial charge in [-0.15, -0.1) is 0 Å². The molecule has 1 N–H and O–H groups in total. The predicted molar refractivity (Wildman–Crippen MR) is 58.7 cm³/mol. The highest BCUT2D eigenvalue weighted by molar-refractivity contribution is 6.36. The Bertz CT molecular complexity index is 577. The zero-order chi connectivity index (χ0) is 11.0. The van der Waals surface area contributed by atoms with Crippen LogP contribution in [0.4, 0.5) is 0 Å². The van der Waals surface area contributed by atoms with Crippen LogP contribution in [0, 0.1) is 6.92 Å². The summed E-state index contributed by atoms with van der Waals surface area (Å²) in [6, 6.07) is 1.76. The number of hydrogen-bond donors (Lipinski definition) is 1. The highest BCUT2D eigenvalue weighted by atomic mass is 35.5. The Morgan fingerprint density at radius 2 is 2.27 bits per heavy atom. The molecule has 0 bridgehead atoms. The summed E-state index contributed by atoms with van der Waals surface area (Å²) in [5, 5.41) is 0.788. The van der Waals surface area contributed by atoms with Gasteiger partial charge in [0.1, 0.15) is 11.3 Å². The Balaban J connectivity index is 3.03. The van der Waals surface area contributed by atoms with Crippen LogP contribution < -0.4 is 10.3 Å². The van der Waals surface area contributed by atoms with Crippen LogP contribution in [-0.4, -0.2) is 17.1 Å². The quantitative estimate of drug-likeness (QED) is 0.805. The third-order valence-electron chi connectivity index (χ3n) is 2.22. The van der Waals surface area contributed by atoms with Crippen molar-refractivity contribution in [3.8, 4) is 5.75 Å². The molecule has 15 heavy (non-hydrogen) atoms. The number of H-pyrrole nitrogens is 1. The van der Waals surface area contributed by atoms with Crippen molar-refractivity contribution in [2.24, 2.45) is 0 Å². The molecule has 0 amide bonds. The van der Waals surface area contributed by atoms with Gasteiger partial charge in [0.25, 0.3) is 5.56 Å². The second-order valence-corrected chi connectivity index (χ2v) is 3.54. The van der Waals surface area contributed by atoms with E-state index in [0.29, 0.717) is 21.7 Å². The molecular weight excluding hydrogens is 216 g/mol. The summed E-state index contributed by atoms with van der Waals surface area (Å²) in [6.07, 6.45) is 1.33. The molecule has 0 spiro atoms. The molecule has 0 saturated heterocycles. The van der Waals surface area contributed by atoms with Gasteiger partial charge in [-0.3, -0.25) is 4.79 Å². The van der Waals surface area contributed by atoms with Crippen LogP contribution >= 0.6 is 11.6 Å². The average molecular weight is 225 g/mol. The summed E-state index contributed by atoms with van der Waals surface area (Å²) in [5.41, 5.74) is 1.02. The van der Waals surface area contributed by atoms with Gasteiger partial charge in [0.2, 0.25) is 0 Å². The van der Waals surface area contributed by atoms with Gasteiger partial charge in [0.15, 0.2) is 0 Å². The van der Waals surface area contributed by atoms with E-state index in [-0.39, 0.29) is 5.56 Å². The lowest BCUT2D eigenvalue weighted by atomic mass is 10.1. The number of benzene rings is 1. The lowest BCUT2D eigenvalue weighted by molar-refractivity contribution is 0.418. The second-order valence-electron chi connectivity index (χ2n) is 3.16. The van der Waals surface area contributed by atoms with Crippen molar-refractivity contribution in [1.29, 1.82) is 0 Å². The monoisotopic (exact) mass is 224 g/mol. The zero-order valence-corrected chi connectivity index (χ0v) is 9.05. The first-order chi connectivity index (χ1) is 7.15. The first kappa shape index (κ1) is 9.98. The van der Waals surface area contributed by atoms with Crippen molar-refractivity contribution in [1.82, 2.24) is 9.97 Å². The number of nitrogens with one attached hydrogen (secondary N) is 1. The van der Waals surface area contributed by atoms with E-state index < -0.39 is 0 Å². The van der Waals surface area contributed by atoms with Crippen LogP contribution in [0.3, 0.4) is 0 Å². The molecule has 1 aromatic carbocycles. The lowest BCUT2D eigenvalue weighted by Gasteiger charge is -2.07. The SMILES string of the molecule is COc1cc(C)c(Cl)c2c(=O)[nH]cnc12. The maximum atomic E-state index is 11.6. The Labute approximate surface area is 90.9 Å². The van der Waals surface area contributed by atoms with Crippen molar-refractivity contribution >= 4 is 22.5 Å². The van der Waals surface area contributed by atoms with Gasteiger partial charge in [-0.25, -0.2) is 4.98 Å². The second kappa shape index (κ2) is 3.55. The Morgan fingerprint density at radius 3 is 2.93 bits per heavy atom. The molecule has 2 aromatic rings. The third-order valence-corrected chi connectivity index (χ3v) is 2.71. The van der Waals surface area contributed by atoms with Gasteiger partial charge in [0.05, 0.1) is 23.8 Å². The minimum Gasteiger partial charge on any atom is -0.494 e. The fourth-order valence-electron chi connectivity index (χ4n) is 1.47. The van der Waals surface area contributed by atoms with E-state index >= 15 is 0 Å². The third kappa shape index (κ3) is 1.47. The first-order valence-electron chi connectivity index (χ1n) is 4.35. The molecule has 4 nitrogen and oxygen atoms in total. The topological polar surface area (TPSA) is 55.0 Å². The molecule has 0 aliphatic carbocycles. The number of fused-ring (bicyclic) bond motifs is 1. The molecule has 5 heteroatoms. The number of aromatic nitrogens is 2. The highest BCUT2D eigenvalue weighted by Gasteiger charge is 2.12. The number of rotatable bonds is 1. The van der Waals surface area contributed by atoms with Gasteiger partial charge >= 0.3 is 0 Å². The van der Waals surface area contributed by atoms with Crippen LogP contribution in [0.1, 0.15) is 5.56 Å². The fourth-order valence-corrected chi connectivity index (χ4v) is 1.70. The molecule has 0 fully saturated rings. The standard InChI is InChI=1S/C10H9ClN2O2/c1-5-3-6(15-2)9-7(8(5)11)10(14)13-4-12-9/h3-4H,1-2H3,(H,12,13,14). The van der Waals surface area contributed by atoms with E-state index in [1.165, 1.54) is 13.4 Å². The van der Waals surface area contributed by atoms with Crippen LogP contribution in [0.25, 0.3) is 10.9 Å². The molecule has 78 valence electrons. The number of ether oxygens (including phenoxy) is 1. The van der Waals surface area contributed by atoms with Crippen molar-refractivity contribution in [2.45, 2.75) is 6.92 Å². The summed E-state index contributed by atoms with van der Waals surface area (Å²) in [7, 11) is 1.53. The number of methoxy groups -OCH3 is 1. The molecule has 0 saturated carbocycles. The van der Waals surface area contributed by atoms with Crippen LogP contribution in [0.5, 0.6) is 5.75 Å². The van der Waals surface area contributed by atoms with Gasteiger partial charge in [0, 0.05) is 0 Å². The molecular formula is C10H9ClN2O2. The zero-order valence-electron chi connectivity index (χ0n) is 8.30. The molecule has 1 aromatic heterocycles. The number of hydrogen-bond acceptors (Lipinski definition) is 3. The number of aryl methyl sites for hydroxylation is 1. The van der Waals surface area contributed by atoms with E-state index in [1.54, 1.807) is 6.07 Å². The first-order valence-corrected chi connectivity index (χ1v) is 4.73. The normalized spacial score (nSPS) is 10.6. The predicted octanol–water partition coefficient (Wildman–Crippen LogP) is 1.89. The lowest BCUT2D eigenvalue weighted by Crippen LogP contribution is -2.08. The molecule has 1 heterocycles. The Morgan fingerprint density at radius 1 is 1.53 bits per heavy atom. The minimum atomic E-state index is -0.257. The minimum absolute atomic E-state index is 0.257. The van der Waals surface area contributed by atoms with Crippen LogP contribution in [0.15, 0.2) is 17.2 Å². The van der Waals surface area contributed by atoms with Crippen molar-refractivity contribution in [3.63, 3.8) is 0 Å². The average Bonchev–Trinajstić information content (AvgIpc) is 2.23. The van der Waals surface area contributed by atoms with Crippen LogP contribution in [-0.2, 0) is 0 Å². The van der Waals surface area contributed by atoms with Crippen molar-refractivity contribution in [3.05, 3.63) is 33.3 Å². The van der Waals surface area contributed by atoms with Gasteiger partial charge in [-0.1, -0.05) is 11.6 Å². The summed E-state index contributed by atoms with van der Waals surface area (Å²) in [4.78, 5) is 18.1. The molecule has 0 radical (unpaired) electrons. The van der Waals surface area contributed by atoms with E-state index in [0.717, 1.165) is 5.56 Å². The number of nitrogens with zero attached hydrogens (tertiary/aromatic N) is 1. The van der Waals surface area contributed by atoms with Crippen LogP contribution in [0.2, 0.25) is 5.02 Å². The molecule has 0 atom stereocenters. The summed E-state index contributed by atoms with van der Waals surface area (Å²) in [5.74, 6) is 0.554. The number of halogens is 1. The van der Waals surface area contributed by atoms with Gasteiger partial charge in [-0.05, 0) is 18.6 Å². The van der Waals surface area contributed by atoms with Gasteiger partial charge < -0.3 is 9.72 Å². The summed E-state index contributed by atoms with van der Waals surface area (Å²) >= 11 is 6.04. The van der Waals surface area contributed by atoms with Crippen molar-refractivity contribution < 1.29 is 4.74 Å². The number of aromatic amines is 1. The maximum absolute atomic E-state index is 11.6. The van der Waals surface area contributed by atoms with E-state index in [9.17, 15) is 4.79 Å². The highest BCUT2D eigenvalue weighted by Crippen LogP contribution is 2.30. The summed E-state index contributed by atoms with van der Waals surface area (Å²) in [6.45, 7) is 1.82. The Kier molecular flexibility index (Phi) is 2.36. The maximum Gasteiger partial charge on any atom is 0.260 e. The molecule has 0 unspecified atom stereocenters. The summed E-state index contributed by atoms with van der Waals surface area (Å²) < 4.78 is 5.14. The fraction of sp³-hybridized carbons (Fsp3) is 0.200. The van der Waals surface area contributed by atoms with E-state index in [2.05, 4.69) is 9.97 Å². The molecule has 0 aliphatic rings. The van der Waals surface area contributed by atoms with E-state index in [4.69, 9.17) is 16.3 Å². The molecule has 2 rings (SSSR count). The van der Waals surface area contributed by atoms with E-state index in [1.807, 2.05) is 6.92 Å². The smallest absolute Gasteiger partial charge is 0.260 e. The largest absolute Gasteiger partial charge is 0.494 e. The Hall–Kier alpha value is -1.55.